The molecule has 102 valence electrons. The summed E-state index contributed by atoms with van der Waals surface area (Å²) in [6.45, 7) is 2.85. The molecule has 0 spiro atoms. The third-order valence-electron chi connectivity index (χ3n) is 3.56. The molecule has 1 fully saturated rings. The minimum Gasteiger partial charge on any atom is -0.479 e. The predicted octanol–water partition coefficient (Wildman–Crippen LogP) is 2.14. The van der Waals surface area contributed by atoms with Crippen LogP contribution in [0.3, 0.4) is 0 Å². The van der Waals surface area contributed by atoms with Gasteiger partial charge in [-0.05, 0) is 37.5 Å². The summed E-state index contributed by atoms with van der Waals surface area (Å²) < 4.78 is 13.0. The van der Waals surface area contributed by atoms with E-state index < -0.39 is 17.3 Å². The monoisotopic (exact) mass is 265 g/mol. The molecule has 1 aliphatic carbocycles. The molecule has 0 radical (unpaired) electrons. The Morgan fingerprint density at radius 2 is 1.84 bits per heavy atom. The van der Waals surface area contributed by atoms with Gasteiger partial charge in [-0.25, -0.2) is 9.18 Å². The summed E-state index contributed by atoms with van der Waals surface area (Å²) in [4.78, 5) is 24.9. The van der Waals surface area contributed by atoms with Crippen LogP contribution in [0.2, 0.25) is 0 Å². The number of carboxylic acid groups (broad SMARTS) is 1. The molecule has 4 nitrogen and oxygen atoms in total. The van der Waals surface area contributed by atoms with Crippen molar-refractivity contribution in [3.05, 3.63) is 35.6 Å². The van der Waals surface area contributed by atoms with Crippen molar-refractivity contribution < 1.29 is 19.1 Å². The van der Waals surface area contributed by atoms with Crippen LogP contribution >= 0.6 is 0 Å². The molecule has 0 aromatic heterocycles. The maximum Gasteiger partial charge on any atom is 0.334 e. The number of halogens is 1. The average Bonchev–Trinajstić information content (AvgIpc) is 3.13. The minimum atomic E-state index is -1.46. The number of hydrogen-bond donors (Lipinski definition) is 1. The lowest BCUT2D eigenvalue weighted by Gasteiger charge is -2.38. The number of aliphatic carboxylic acids is 1. The lowest BCUT2D eigenvalue weighted by Crippen LogP contribution is -2.53. The summed E-state index contributed by atoms with van der Waals surface area (Å²) in [5.74, 6) is -1.82. The summed E-state index contributed by atoms with van der Waals surface area (Å²) in [6.07, 6.45) is 1.62. The van der Waals surface area contributed by atoms with Crippen molar-refractivity contribution in [2.75, 3.05) is 0 Å². The lowest BCUT2D eigenvalue weighted by atomic mass is 9.89. The highest BCUT2D eigenvalue weighted by molar-refractivity contribution is 5.87. The zero-order valence-corrected chi connectivity index (χ0v) is 10.9. The van der Waals surface area contributed by atoms with E-state index in [0.29, 0.717) is 5.56 Å². The van der Waals surface area contributed by atoms with Crippen LogP contribution in [0.5, 0.6) is 0 Å². The highest BCUT2D eigenvalue weighted by Gasteiger charge is 2.49. The van der Waals surface area contributed by atoms with Gasteiger partial charge in [-0.2, -0.15) is 0 Å². The van der Waals surface area contributed by atoms with Gasteiger partial charge in [-0.15, -0.1) is 0 Å². The zero-order valence-electron chi connectivity index (χ0n) is 10.9. The number of nitrogens with zero attached hydrogens (tertiary/aromatic N) is 1. The van der Waals surface area contributed by atoms with Crippen LogP contribution < -0.4 is 0 Å². The maximum atomic E-state index is 13.0. The van der Waals surface area contributed by atoms with Crippen LogP contribution in [0, 0.1) is 5.82 Å². The van der Waals surface area contributed by atoms with E-state index in [2.05, 4.69) is 0 Å². The molecule has 1 unspecified atom stereocenters. The molecular formula is C14H16FNO3. The van der Waals surface area contributed by atoms with Gasteiger partial charge >= 0.3 is 5.97 Å². The Morgan fingerprint density at radius 3 is 2.21 bits per heavy atom. The van der Waals surface area contributed by atoms with E-state index in [1.54, 1.807) is 0 Å². The molecule has 0 aliphatic heterocycles. The molecule has 1 amide bonds. The van der Waals surface area contributed by atoms with Gasteiger partial charge < -0.3 is 10.0 Å². The lowest BCUT2D eigenvalue weighted by molar-refractivity contribution is -0.159. The second-order valence-corrected chi connectivity index (χ2v) is 5.00. The number of amides is 1. The van der Waals surface area contributed by atoms with Crippen molar-refractivity contribution in [2.45, 2.75) is 38.3 Å². The van der Waals surface area contributed by atoms with E-state index in [1.807, 2.05) is 0 Å². The van der Waals surface area contributed by atoms with Gasteiger partial charge in [0.25, 0.3) is 0 Å². The summed E-state index contributed by atoms with van der Waals surface area (Å²) in [7, 11) is 0. The highest BCUT2D eigenvalue weighted by atomic mass is 19.1. The molecule has 2 rings (SSSR count). The first-order valence-corrected chi connectivity index (χ1v) is 6.16. The van der Waals surface area contributed by atoms with Crippen LogP contribution in [-0.2, 0) is 15.1 Å². The van der Waals surface area contributed by atoms with Gasteiger partial charge in [0.15, 0.2) is 5.54 Å². The molecule has 19 heavy (non-hydrogen) atoms. The number of hydrogen-bond acceptors (Lipinski definition) is 2. The molecule has 1 aliphatic rings. The summed E-state index contributed by atoms with van der Waals surface area (Å²) >= 11 is 0. The zero-order chi connectivity index (χ0) is 14.2. The normalized spacial score (nSPS) is 17.6. The minimum absolute atomic E-state index is 0.0383. The number of rotatable bonds is 4. The molecule has 0 bridgehead atoms. The molecular weight excluding hydrogens is 249 g/mol. The fraction of sp³-hybridized carbons (Fsp3) is 0.429. The Labute approximate surface area is 110 Å². The van der Waals surface area contributed by atoms with Crippen LogP contribution in [-0.4, -0.2) is 27.9 Å². The first-order valence-electron chi connectivity index (χ1n) is 6.16. The summed E-state index contributed by atoms with van der Waals surface area (Å²) in [5, 5.41) is 9.56. The van der Waals surface area contributed by atoms with Crippen molar-refractivity contribution in [3.63, 3.8) is 0 Å². The molecule has 1 saturated carbocycles. The predicted molar refractivity (Wildman–Crippen MR) is 66.9 cm³/mol. The smallest absolute Gasteiger partial charge is 0.334 e. The van der Waals surface area contributed by atoms with E-state index in [4.69, 9.17) is 0 Å². The maximum absolute atomic E-state index is 13.0. The van der Waals surface area contributed by atoms with Crippen molar-refractivity contribution in [2.24, 2.45) is 0 Å². The van der Waals surface area contributed by atoms with Crippen LogP contribution in [0.4, 0.5) is 4.39 Å². The Balaban J connectivity index is 2.49. The Hall–Kier alpha value is -1.91. The van der Waals surface area contributed by atoms with Crippen molar-refractivity contribution in [1.82, 2.24) is 4.90 Å². The van der Waals surface area contributed by atoms with Crippen LogP contribution in [0.25, 0.3) is 0 Å². The molecule has 5 heteroatoms. The third kappa shape index (κ3) is 2.32. The van der Waals surface area contributed by atoms with E-state index in [9.17, 15) is 19.1 Å². The largest absolute Gasteiger partial charge is 0.479 e. The summed E-state index contributed by atoms with van der Waals surface area (Å²) in [6, 6.07) is 5.22. The number of carbonyl (C=O) groups is 2. The first-order chi connectivity index (χ1) is 8.87. The van der Waals surface area contributed by atoms with Gasteiger partial charge in [-0.1, -0.05) is 12.1 Å². The van der Waals surface area contributed by atoms with E-state index >= 15 is 0 Å². The molecule has 0 saturated heterocycles. The molecule has 1 aromatic carbocycles. The van der Waals surface area contributed by atoms with Crippen LogP contribution in [0.15, 0.2) is 24.3 Å². The van der Waals surface area contributed by atoms with Crippen molar-refractivity contribution >= 4 is 11.9 Å². The number of benzene rings is 1. The standard InChI is InChI=1S/C14H16FNO3/c1-9(17)16(12-7-8-12)14(2,13(18)19)10-3-5-11(15)6-4-10/h3-6,12H,7-8H2,1-2H3,(H,18,19). The van der Waals surface area contributed by atoms with E-state index in [0.717, 1.165) is 12.8 Å². The Kier molecular flexibility index (Phi) is 3.30. The van der Waals surface area contributed by atoms with Gasteiger partial charge in [0.2, 0.25) is 5.91 Å². The van der Waals surface area contributed by atoms with Crippen LogP contribution in [0.1, 0.15) is 32.3 Å². The van der Waals surface area contributed by atoms with Gasteiger partial charge in [0.05, 0.1) is 0 Å². The second kappa shape index (κ2) is 4.64. The molecule has 1 atom stereocenters. The molecule has 0 heterocycles. The van der Waals surface area contributed by atoms with E-state index in [1.165, 1.54) is 43.0 Å². The van der Waals surface area contributed by atoms with E-state index in [-0.39, 0.29) is 11.9 Å². The Bertz CT molecular complexity index is 510. The third-order valence-corrected chi connectivity index (χ3v) is 3.56. The second-order valence-electron chi connectivity index (χ2n) is 5.00. The van der Waals surface area contributed by atoms with Crippen molar-refractivity contribution in [3.8, 4) is 0 Å². The van der Waals surface area contributed by atoms with Gasteiger partial charge in [-0.3, -0.25) is 4.79 Å². The van der Waals surface area contributed by atoms with Gasteiger partial charge in [0, 0.05) is 13.0 Å². The van der Waals surface area contributed by atoms with Gasteiger partial charge in [0.1, 0.15) is 5.82 Å². The highest BCUT2D eigenvalue weighted by Crippen LogP contribution is 2.38. The first kappa shape index (κ1) is 13.5. The quantitative estimate of drug-likeness (QED) is 0.907. The number of carboxylic acids is 1. The topological polar surface area (TPSA) is 57.6 Å². The van der Waals surface area contributed by atoms with Crippen molar-refractivity contribution in [1.29, 1.82) is 0 Å². The Morgan fingerprint density at radius 1 is 1.32 bits per heavy atom. The average molecular weight is 265 g/mol. The number of carbonyl (C=O) groups excluding carboxylic acids is 1. The summed E-state index contributed by atoms with van der Waals surface area (Å²) in [5.41, 5.74) is -1.05. The SMILES string of the molecule is CC(=O)N(C1CC1)C(C)(C(=O)O)c1ccc(F)cc1. The molecule has 1 aromatic rings. The molecule has 1 N–H and O–H groups in total. The fourth-order valence-corrected chi connectivity index (χ4v) is 2.41. The fourth-order valence-electron chi connectivity index (χ4n) is 2.41.